The molecule has 7 nitrogen and oxygen atoms in total. The summed E-state index contributed by atoms with van der Waals surface area (Å²) in [4.78, 5) is 27.6. The summed E-state index contributed by atoms with van der Waals surface area (Å²) in [6.45, 7) is 0. The van der Waals surface area contributed by atoms with Crippen LogP contribution in [0.2, 0.25) is 0 Å². The van der Waals surface area contributed by atoms with Crippen molar-refractivity contribution in [3.63, 3.8) is 0 Å². The Bertz CT molecular complexity index is 674. The first-order chi connectivity index (χ1) is 10.7. The van der Waals surface area contributed by atoms with Crippen LogP contribution in [-0.2, 0) is 0 Å². The fraction of sp³-hybridized carbons (Fsp3) is 0.133. The van der Waals surface area contributed by atoms with Gasteiger partial charge in [0.2, 0.25) is 0 Å². The molecule has 2 rings (SSSR count). The molecule has 0 aliphatic heterocycles. The minimum absolute atomic E-state index is 0.327. The smallest absolute Gasteiger partial charge is 0.269 e. The normalized spacial score (nSPS) is 9.73. The van der Waals surface area contributed by atoms with Gasteiger partial charge in [-0.3, -0.25) is 25.4 Å². The summed E-state index contributed by atoms with van der Waals surface area (Å²) in [5.74, 6) is 0.0371. The van der Waals surface area contributed by atoms with Gasteiger partial charge in [-0.2, -0.15) is 0 Å². The molecule has 0 saturated heterocycles. The maximum absolute atomic E-state index is 12.0. The molecular formula is C15H15N3O4. The Morgan fingerprint density at radius 1 is 0.864 bits per heavy atom. The first-order valence-corrected chi connectivity index (χ1v) is 6.38. The second-order valence-corrected chi connectivity index (χ2v) is 4.21. The van der Waals surface area contributed by atoms with Crippen LogP contribution < -0.4 is 20.3 Å². The van der Waals surface area contributed by atoms with Gasteiger partial charge in [0, 0.05) is 23.5 Å². The molecule has 0 atom stereocenters. The highest BCUT2D eigenvalue weighted by molar-refractivity contribution is 5.99. The van der Waals surface area contributed by atoms with Crippen LogP contribution in [0.25, 0.3) is 0 Å². The van der Waals surface area contributed by atoms with Crippen molar-refractivity contribution in [2.24, 2.45) is 0 Å². The van der Waals surface area contributed by atoms with E-state index in [0.29, 0.717) is 22.6 Å². The highest BCUT2D eigenvalue weighted by Gasteiger charge is 2.12. The van der Waals surface area contributed by atoms with E-state index in [2.05, 4.69) is 15.8 Å². The van der Waals surface area contributed by atoms with E-state index in [1.807, 2.05) is 0 Å². The van der Waals surface area contributed by atoms with Crippen LogP contribution >= 0.6 is 0 Å². The van der Waals surface area contributed by atoms with Crippen LogP contribution in [0.4, 0.5) is 0 Å². The van der Waals surface area contributed by atoms with Gasteiger partial charge in [-0.25, -0.2) is 0 Å². The van der Waals surface area contributed by atoms with Crippen molar-refractivity contribution in [3.05, 3.63) is 53.9 Å². The van der Waals surface area contributed by atoms with Crippen molar-refractivity contribution in [1.29, 1.82) is 0 Å². The number of nitrogens with zero attached hydrogens (tertiary/aromatic N) is 1. The first-order valence-electron chi connectivity index (χ1n) is 6.38. The van der Waals surface area contributed by atoms with Crippen LogP contribution in [0.1, 0.15) is 20.7 Å². The third-order valence-corrected chi connectivity index (χ3v) is 2.88. The van der Waals surface area contributed by atoms with Crippen molar-refractivity contribution in [1.82, 2.24) is 15.8 Å². The molecule has 0 saturated carbocycles. The molecule has 0 bridgehead atoms. The average Bonchev–Trinajstić information content (AvgIpc) is 2.59. The first kappa shape index (κ1) is 15.3. The summed E-state index contributed by atoms with van der Waals surface area (Å²) in [6.07, 6.45) is 2.98. The van der Waals surface area contributed by atoms with E-state index in [1.165, 1.54) is 44.8 Å². The number of carbonyl (C=O) groups excluding carboxylic acids is 2. The van der Waals surface area contributed by atoms with Crippen LogP contribution in [0.5, 0.6) is 11.5 Å². The largest absolute Gasteiger partial charge is 0.493 e. The number of hydrazine groups is 1. The van der Waals surface area contributed by atoms with E-state index in [1.54, 1.807) is 12.1 Å². The number of amides is 2. The summed E-state index contributed by atoms with van der Waals surface area (Å²) < 4.78 is 10.2. The Labute approximate surface area is 127 Å². The topological polar surface area (TPSA) is 89.6 Å². The van der Waals surface area contributed by atoms with Gasteiger partial charge in [-0.05, 0) is 30.3 Å². The summed E-state index contributed by atoms with van der Waals surface area (Å²) in [6, 6.07) is 7.77. The molecular weight excluding hydrogens is 286 g/mol. The van der Waals surface area contributed by atoms with Gasteiger partial charge in [-0.15, -0.1) is 0 Å². The zero-order chi connectivity index (χ0) is 15.9. The molecule has 2 N–H and O–H groups in total. The second-order valence-electron chi connectivity index (χ2n) is 4.21. The zero-order valence-corrected chi connectivity index (χ0v) is 12.1. The predicted octanol–water partition coefficient (Wildman–Crippen LogP) is 1.17. The standard InChI is InChI=1S/C15H15N3O4/c1-21-12-4-3-11(9-13(12)22-2)15(20)18-17-14(19)10-5-7-16-8-6-10/h3-9H,1-2H3,(H,17,19)(H,18,20). The molecule has 2 aromatic rings. The minimum Gasteiger partial charge on any atom is -0.493 e. The van der Waals surface area contributed by atoms with Gasteiger partial charge < -0.3 is 9.47 Å². The van der Waals surface area contributed by atoms with Crippen molar-refractivity contribution < 1.29 is 19.1 Å². The SMILES string of the molecule is COc1ccc(C(=O)NNC(=O)c2ccncc2)cc1OC. The number of nitrogens with one attached hydrogen (secondary N) is 2. The number of hydrogen-bond donors (Lipinski definition) is 2. The van der Waals surface area contributed by atoms with Crippen molar-refractivity contribution in [2.75, 3.05) is 14.2 Å². The molecule has 0 aliphatic carbocycles. The molecule has 114 valence electrons. The number of benzene rings is 1. The van der Waals surface area contributed by atoms with Gasteiger partial charge in [0.05, 0.1) is 14.2 Å². The van der Waals surface area contributed by atoms with E-state index in [-0.39, 0.29) is 0 Å². The van der Waals surface area contributed by atoms with Gasteiger partial charge in [-0.1, -0.05) is 0 Å². The van der Waals surface area contributed by atoms with Crippen LogP contribution in [0, 0.1) is 0 Å². The van der Waals surface area contributed by atoms with E-state index < -0.39 is 11.8 Å². The van der Waals surface area contributed by atoms with Crippen molar-refractivity contribution in [3.8, 4) is 11.5 Å². The quantitative estimate of drug-likeness (QED) is 0.828. The molecule has 0 fully saturated rings. The van der Waals surface area contributed by atoms with E-state index in [0.717, 1.165) is 0 Å². The number of aromatic nitrogens is 1. The molecule has 2 amide bonds. The molecule has 0 aliphatic rings. The van der Waals surface area contributed by atoms with E-state index in [9.17, 15) is 9.59 Å². The molecule has 1 heterocycles. The lowest BCUT2D eigenvalue weighted by molar-refractivity contribution is 0.0846. The zero-order valence-electron chi connectivity index (χ0n) is 12.1. The monoisotopic (exact) mass is 301 g/mol. The van der Waals surface area contributed by atoms with Crippen LogP contribution in [0.3, 0.4) is 0 Å². The van der Waals surface area contributed by atoms with Gasteiger partial charge in [0.25, 0.3) is 11.8 Å². The lowest BCUT2D eigenvalue weighted by Gasteiger charge is -2.10. The van der Waals surface area contributed by atoms with Gasteiger partial charge in [0.1, 0.15) is 0 Å². The fourth-order valence-electron chi connectivity index (χ4n) is 1.74. The fourth-order valence-corrected chi connectivity index (χ4v) is 1.74. The van der Waals surface area contributed by atoms with Gasteiger partial charge >= 0.3 is 0 Å². The number of carbonyl (C=O) groups is 2. The highest BCUT2D eigenvalue weighted by atomic mass is 16.5. The highest BCUT2D eigenvalue weighted by Crippen LogP contribution is 2.27. The average molecular weight is 301 g/mol. The van der Waals surface area contributed by atoms with E-state index in [4.69, 9.17) is 9.47 Å². The number of hydrogen-bond acceptors (Lipinski definition) is 5. The van der Waals surface area contributed by atoms with Crippen molar-refractivity contribution >= 4 is 11.8 Å². The summed E-state index contributed by atoms with van der Waals surface area (Å²) >= 11 is 0. The van der Waals surface area contributed by atoms with E-state index >= 15 is 0 Å². The molecule has 22 heavy (non-hydrogen) atoms. The number of methoxy groups -OCH3 is 2. The maximum atomic E-state index is 12.0. The van der Waals surface area contributed by atoms with Crippen LogP contribution in [-0.4, -0.2) is 31.0 Å². The second kappa shape index (κ2) is 7.07. The summed E-state index contributed by atoms with van der Waals surface area (Å²) in [5, 5.41) is 0. The molecule has 7 heteroatoms. The maximum Gasteiger partial charge on any atom is 0.269 e. The Morgan fingerprint density at radius 3 is 2.05 bits per heavy atom. The Balaban J connectivity index is 2.02. The van der Waals surface area contributed by atoms with Crippen LogP contribution in [0.15, 0.2) is 42.7 Å². The number of pyridine rings is 1. The molecule has 0 spiro atoms. The number of ether oxygens (including phenoxy) is 2. The van der Waals surface area contributed by atoms with Crippen molar-refractivity contribution in [2.45, 2.75) is 0 Å². The minimum atomic E-state index is -0.469. The Hall–Kier alpha value is -3.09. The predicted molar refractivity (Wildman–Crippen MR) is 78.7 cm³/mol. The number of rotatable bonds is 4. The third-order valence-electron chi connectivity index (χ3n) is 2.88. The summed E-state index contributed by atoms with van der Waals surface area (Å²) in [7, 11) is 2.98. The summed E-state index contributed by atoms with van der Waals surface area (Å²) in [5.41, 5.74) is 5.37. The Kier molecular flexibility index (Phi) is 4.92. The molecule has 1 aromatic heterocycles. The lowest BCUT2D eigenvalue weighted by Crippen LogP contribution is -2.41. The van der Waals surface area contributed by atoms with Gasteiger partial charge in [0.15, 0.2) is 11.5 Å². The molecule has 0 unspecified atom stereocenters. The molecule has 0 radical (unpaired) electrons. The molecule has 1 aromatic carbocycles. The Morgan fingerprint density at radius 2 is 1.45 bits per heavy atom. The third kappa shape index (κ3) is 3.51. The lowest BCUT2D eigenvalue weighted by atomic mass is 10.2.